The molecule has 0 saturated carbocycles. The SMILES string of the molecule is CC(c1ccc2c(c1)OCO2)N1CCN(c2ncc3c(n2)CC(=O)N3)CC1. The number of hydrogen-bond acceptors (Lipinski definition) is 7. The molecule has 27 heavy (non-hydrogen) atoms. The van der Waals surface area contributed by atoms with E-state index >= 15 is 0 Å². The molecule has 1 aromatic carbocycles. The average Bonchev–Trinajstić information content (AvgIpc) is 3.31. The van der Waals surface area contributed by atoms with Crippen LogP contribution < -0.4 is 19.7 Å². The van der Waals surface area contributed by atoms with E-state index in [1.807, 2.05) is 6.07 Å². The predicted octanol–water partition coefficient (Wildman–Crippen LogP) is 1.58. The minimum Gasteiger partial charge on any atom is -0.454 e. The van der Waals surface area contributed by atoms with Gasteiger partial charge in [0.2, 0.25) is 18.6 Å². The number of carbonyl (C=O) groups excluding carboxylic acids is 1. The van der Waals surface area contributed by atoms with E-state index in [0.717, 1.165) is 49.1 Å². The maximum atomic E-state index is 11.5. The lowest BCUT2D eigenvalue weighted by molar-refractivity contribution is -0.115. The van der Waals surface area contributed by atoms with Gasteiger partial charge in [0, 0.05) is 32.2 Å². The van der Waals surface area contributed by atoms with Crippen LogP contribution in [-0.2, 0) is 11.2 Å². The Hall–Kier alpha value is -2.87. The van der Waals surface area contributed by atoms with Gasteiger partial charge in [0.15, 0.2) is 11.5 Å². The van der Waals surface area contributed by atoms with Crippen LogP contribution in [0.2, 0.25) is 0 Å². The van der Waals surface area contributed by atoms with Crippen molar-refractivity contribution >= 4 is 17.5 Å². The Morgan fingerprint density at radius 1 is 1.15 bits per heavy atom. The van der Waals surface area contributed by atoms with Gasteiger partial charge >= 0.3 is 0 Å². The molecule has 1 atom stereocenters. The van der Waals surface area contributed by atoms with Crippen LogP contribution in [0.15, 0.2) is 24.4 Å². The molecule has 8 heteroatoms. The zero-order valence-corrected chi connectivity index (χ0v) is 15.1. The Morgan fingerprint density at radius 2 is 1.96 bits per heavy atom. The third-order valence-electron chi connectivity index (χ3n) is 5.48. The summed E-state index contributed by atoms with van der Waals surface area (Å²) in [6.07, 6.45) is 2.05. The lowest BCUT2D eigenvalue weighted by Gasteiger charge is -2.38. The number of carbonyl (C=O) groups is 1. The standard InChI is InChI=1S/C19H21N5O3/c1-12(13-2-3-16-17(8-13)27-11-26-16)23-4-6-24(7-5-23)19-20-10-15-14(22-19)9-18(25)21-15/h2-3,8,10,12H,4-7,9,11H2,1H3,(H,21,25). The molecule has 4 heterocycles. The molecule has 1 amide bonds. The van der Waals surface area contributed by atoms with Gasteiger partial charge in [-0.05, 0) is 24.6 Å². The maximum Gasteiger partial charge on any atom is 0.231 e. The molecule has 1 N–H and O–H groups in total. The molecule has 5 rings (SSSR count). The Bertz CT molecular complexity index is 895. The first kappa shape index (κ1) is 16.3. The molecule has 0 spiro atoms. The van der Waals surface area contributed by atoms with E-state index in [4.69, 9.17) is 9.47 Å². The van der Waals surface area contributed by atoms with E-state index in [-0.39, 0.29) is 5.91 Å². The summed E-state index contributed by atoms with van der Waals surface area (Å²) in [7, 11) is 0. The number of piperazine rings is 1. The van der Waals surface area contributed by atoms with Crippen LogP contribution in [0, 0.1) is 0 Å². The Balaban J connectivity index is 1.25. The van der Waals surface area contributed by atoms with Gasteiger partial charge in [0.25, 0.3) is 0 Å². The summed E-state index contributed by atoms with van der Waals surface area (Å²) in [5.41, 5.74) is 2.76. The van der Waals surface area contributed by atoms with Crippen molar-refractivity contribution in [2.75, 3.05) is 43.2 Å². The van der Waals surface area contributed by atoms with Crippen molar-refractivity contribution < 1.29 is 14.3 Å². The number of ether oxygens (including phenoxy) is 2. The van der Waals surface area contributed by atoms with Gasteiger partial charge in [0.1, 0.15) is 0 Å². The summed E-state index contributed by atoms with van der Waals surface area (Å²) in [6.45, 7) is 6.08. The van der Waals surface area contributed by atoms with Gasteiger partial charge in [-0.3, -0.25) is 9.69 Å². The van der Waals surface area contributed by atoms with Crippen LogP contribution >= 0.6 is 0 Å². The van der Waals surface area contributed by atoms with Gasteiger partial charge < -0.3 is 19.7 Å². The third kappa shape index (κ3) is 2.95. The number of nitrogens with zero attached hydrogens (tertiary/aromatic N) is 4. The quantitative estimate of drug-likeness (QED) is 0.882. The number of hydrogen-bond donors (Lipinski definition) is 1. The second-order valence-corrected chi connectivity index (χ2v) is 7.07. The van der Waals surface area contributed by atoms with Crippen LogP contribution in [0.3, 0.4) is 0 Å². The molecule has 1 saturated heterocycles. The summed E-state index contributed by atoms with van der Waals surface area (Å²) in [5, 5.41) is 2.78. The molecule has 0 aliphatic carbocycles. The molecular formula is C19H21N5O3. The minimum absolute atomic E-state index is 0.0150. The molecule has 0 bridgehead atoms. The molecule has 8 nitrogen and oxygen atoms in total. The van der Waals surface area contributed by atoms with E-state index in [2.05, 4.69) is 44.1 Å². The van der Waals surface area contributed by atoms with Gasteiger partial charge in [0.05, 0.1) is 24.0 Å². The van der Waals surface area contributed by atoms with Gasteiger partial charge in [-0.25, -0.2) is 9.97 Å². The summed E-state index contributed by atoms with van der Waals surface area (Å²) in [4.78, 5) is 25.1. The highest BCUT2D eigenvalue weighted by Crippen LogP contribution is 2.35. The molecular weight excluding hydrogens is 346 g/mol. The molecule has 140 valence electrons. The molecule has 1 fully saturated rings. The van der Waals surface area contributed by atoms with E-state index < -0.39 is 0 Å². The van der Waals surface area contributed by atoms with Gasteiger partial charge in [-0.1, -0.05) is 6.07 Å². The number of amides is 1. The van der Waals surface area contributed by atoms with Crippen LogP contribution in [-0.4, -0.2) is 53.7 Å². The monoisotopic (exact) mass is 367 g/mol. The van der Waals surface area contributed by atoms with Gasteiger partial charge in [-0.2, -0.15) is 0 Å². The molecule has 1 unspecified atom stereocenters. The van der Waals surface area contributed by atoms with Crippen molar-refractivity contribution in [3.8, 4) is 11.5 Å². The number of rotatable bonds is 3. The third-order valence-corrected chi connectivity index (χ3v) is 5.48. The molecule has 3 aliphatic heterocycles. The molecule has 3 aliphatic rings. The highest BCUT2D eigenvalue weighted by atomic mass is 16.7. The van der Waals surface area contributed by atoms with Crippen molar-refractivity contribution in [1.29, 1.82) is 0 Å². The number of benzene rings is 1. The first-order valence-electron chi connectivity index (χ1n) is 9.22. The van der Waals surface area contributed by atoms with E-state index in [1.165, 1.54) is 5.56 Å². The fraction of sp³-hybridized carbons (Fsp3) is 0.421. The lowest BCUT2D eigenvalue weighted by atomic mass is 10.1. The topological polar surface area (TPSA) is 79.8 Å². The van der Waals surface area contributed by atoms with E-state index in [0.29, 0.717) is 25.2 Å². The van der Waals surface area contributed by atoms with Crippen LogP contribution in [0.4, 0.5) is 11.6 Å². The lowest BCUT2D eigenvalue weighted by Crippen LogP contribution is -2.47. The number of nitrogens with one attached hydrogen (secondary N) is 1. The number of fused-ring (bicyclic) bond motifs is 2. The van der Waals surface area contributed by atoms with E-state index in [9.17, 15) is 4.79 Å². The summed E-state index contributed by atoms with van der Waals surface area (Å²) in [5.74, 6) is 2.34. The van der Waals surface area contributed by atoms with Gasteiger partial charge in [-0.15, -0.1) is 0 Å². The fourth-order valence-electron chi connectivity index (χ4n) is 3.84. The summed E-state index contributed by atoms with van der Waals surface area (Å²) < 4.78 is 10.9. The normalized spacial score (nSPS) is 19.7. The van der Waals surface area contributed by atoms with Crippen LogP contribution in [0.1, 0.15) is 24.2 Å². The smallest absolute Gasteiger partial charge is 0.231 e. The van der Waals surface area contributed by atoms with Crippen molar-refractivity contribution in [3.63, 3.8) is 0 Å². The van der Waals surface area contributed by atoms with E-state index in [1.54, 1.807) is 6.20 Å². The first-order chi connectivity index (χ1) is 13.2. The predicted molar refractivity (Wildman–Crippen MR) is 99.1 cm³/mol. The Kier molecular flexibility index (Phi) is 3.86. The van der Waals surface area contributed by atoms with Crippen molar-refractivity contribution in [3.05, 3.63) is 35.7 Å². The molecule has 0 radical (unpaired) electrons. The maximum absolute atomic E-state index is 11.5. The fourth-order valence-corrected chi connectivity index (χ4v) is 3.84. The van der Waals surface area contributed by atoms with Crippen LogP contribution in [0.5, 0.6) is 11.5 Å². The zero-order valence-electron chi connectivity index (χ0n) is 15.1. The highest BCUT2D eigenvalue weighted by Gasteiger charge is 2.26. The van der Waals surface area contributed by atoms with Crippen molar-refractivity contribution in [1.82, 2.24) is 14.9 Å². The highest BCUT2D eigenvalue weighted by molar-refractivity contribution is 5.98. The van der Waals surface area contributed by atoms with Crippen molar-refractivity contribution in [2.24, 2.45) is 0 Å². The van der Waals surface area contributed by atoms with Crippen LogP contribution in [0.25, 0.3) is 0 Å². The second-order valence-electron chi connectivity index (χ2n) is 7.07. The summed E-state index contributed by atoms with van der Waals surface area (Å²) >= 11 is 0. The summed E-state index contributed by atoms with van der Waals surface area (Å²) in [6, 6.07) is 6.47. The first-order valence-corrected chi connectivity index (χ1v) is 9.22. The number of aromatic nitrogens is 2. The molecule has 1 aromatic heterocycles. The Labute approximate surface area is 157 Å². The Morgan fingerprint density at radius 3 is 2.81 bits per heavy atom. The number of anilines is 2. The molecule has 2 aromatic rings. The van der Waals surface area contributed by atoms with Crippen molar-refractivity contribution in [2.45, 2.75) is 19.4 Å². The zero-order chi connectivity index (χ0) is 18.4. The minimum atomic E-state index is -0.0150. The largest absolute Gasteiger partial charge is 0.454 e. The second kappa shape index (κ2) is 6.38. The average molecular weight is 367 g/mol.